The van der Waals surface area contributed by atoms with Crippen LogP contribution in [0.4, 0.5) is 0 Å². The molecule has 1 aromatic carbocycles. The third-order valence-electron chi connectivity index (χ3n) is 5.76. The summed E-state index contributed by atoms with van der Waals surface area (Å²) in [6.07, 6.45) is 1.70. The number of benzene rings is 1. The summed E-state index contributed by atoms with van der Waals surface area (Å²) in [5, 5.41) is 15.2. The molecule has 2 amide bonds. The highest BCUT2D eigenvalue weighted by atomic mass is 16.4. The van der Waals surface area contributed by atoms with E-state index in [0.717, 1.165) is 5.56 Å². The lowest BCUT2D eigenvalue weighted by Crippen LogP contribution is -2.55. The minimum absolute atomic E-state index is 0.00782. The van der Waals surface area contributed by atoms with Crippen molar-refractivity contribution in [2.75, 3.05) is 19.6 Å². The van der Waals surface area contributed by atoms with Crippen LogP contribution in [0, 0.1) is 12.8 Å². The quantitative estimate of drug-likeness (QED) is 0.692. The summed E-state index contributed by atoms with van der Waals surface area (Å²) < 4.78 is 0. The third-order valence-corrected chi connectivity index (χ3v) is 5.76. The number of hydrogen-bond acceptors (Lipinski definition) is 4. The van der Waals surface area contributed by atoms with Gasteiger partial charge in [0.25, 0.3) is 0 Å². The smallest absolute Gasteiger partial charge is 0.309 e. The SMILES string of the molecule is Cc1ccc(CNC(=O)CCN2CCC3(CC2)NC(=O)C[C@H]3C(=O)O)cc1. The summed E-state index contributed by atoms with van der Waals surface area (Å²) >= 11 is 0. The van der Waals surface area contributed by atoms with Crippen molar-refractivity contribution >= 4 is 17.8 Å². The monoisotopic (exact) mass is 373 g/mol. The summed E-state index contributed by atoms with van der Waals surface area (Å²) in [5.41, 5.74) is 1.65. The number of rotatable bonds is 6. The number of carboxylic acids is 1. The Morgan fingerprint density at radius 1 is 1.26 bits per heavy atom. The molecule has 2 aliphatic heterocycles. The Bertz CT molecular complexity index is 708. The van der Waals surface area contributed by atoms with Crippen molar-refractivity contribution in [3.63, 3.8) is 0 Å². The predicted molar refractivity (Wildman–Crippen MR) is 99.9 cm³/mol. The average Bonchev–Trinajstić information content (AvgIpc) is 2.97. The van der Waals surface area contributed by atoms with Gasteiger partial charge >= 0.3 is 5.97 Å². The van der Waals surface area contributed by atoms with Gasteiger partial charge in [-0.15, -0.1) is 0 Å². The first-order valence-corrected chi connectivity index (χ1v) is 9.46. The van der Waals surface area contributed by atoms with Gasteiger partial charge in [0.2, 0.25) is 11.8 Å². The molecular weight excluding hydrogens is 346 g/mol. The Labute approximate surface area is 159 Å². The third kappa shape index (κ3) is 4.66. The lowest BCUT2D eigenvalue weighted by atomic mass is 9.77. The van der Waals surface area contributed by atoms with Crippen LogP contribution in [0.15, 0.2) is 24.3 Å². The van der Waals surface area contributed by atoms with Crippen LogP contribution in [0.1, 0.15) is 36.8 Å². The maximum absolute atomic E-state index is 12.1. The number of likely N-dealkylation sites (tertiary alicyclic amines) is 1. The van der Waals surface area contributed by atoms with E-state index in [0.29, 0.717) is 45.4 Å². The molecule has 7 heteroatoms. The highest BCUT2D eigenvalue weighted by Gasteiger charge is 2.51. The summed E-state index contributed by atoms with van der Waals surface area (Å²) in [6.45, 7) is 4.57. The van der Waals surface area contributed by atoms with Crippen LogP contribution in [0.2, 0.25) is 0 Å². The second-order valence-corrected chi connectivity index (χ2v) is 7.65. The van der Waals surface area contributed by atoms with Crippen molar-refractivity contribution in [3.05, 3.63) is 35.4 Å². The number of carbonyl (C=O) groups is 3. The number of amides is 2. The number of carboxylic acid groups (broad SMARTS) is 1. The maximum Gasteiger partial charge on any atom is 0.309 e. The molecule has 2 fully saturated rings. The van der Waals surface area contributed by atoms with Crippen LogP contribution in [0.25, 0.3) is 0 Å². The van der Waals surface area contributed by atoms with Crippen molar-refractivity contribution in [3.8, 4) is 0 Å². The van der Waals surface area contributed by atoms with E-state index in [1.807, 2.05) is 31.2 Å². The van der Waals surface area contributed by atoms with Crippen LogP contribution in [-0.2, 0) is 20.9 Å². The van der Waals surface area contributed by atoms with Gasteiger partial charge in [0, 0.05) is 39.0 Å². The van der Waals surface area contributed by atoms with E-state index in [9.17, 15) is 19.5 Å². The van der Waals surface area contributed by atoms with E-state index >= 15 is 0 Å². The molecule has 1 spiro atoms. The molecule has 0 saturated carbocycles. The predicted octanol–water partition coefficient (Wildman–Crippen LogP) is 1.06. The molecule has 0 aromatic heterocycles. The molecule has 1 atom stereocenters. The van der Waals surface area contributed by atoms with Gasteiger partial charge in [0.1, 0.15) is 0 Å². The average molecular weight is 373 g/mol. The zero-order valence-electron chi connectivity index (χ0n) is 15.7. The molecule has 2 aliphatic rings. The Morgan fingerprint density at radius 2 is 1.93 bits per heavy atom. The topological polar surface area (TPSA) is 98.7 Å². The number of hydrogen-bond donors (Lipinski definition) is 3. The molecule has 0 aliphatic carbocycles. The molecule has 1 aromatic rings. The van der Waals surface area contributed by atoms with E-state index in [-0.39, 0.29) is 18.2 Å². The lowest BCUT2D eigenvalue weighted by molar-refractivity contribution is -0.144. The maximum atomic E-state index is 12.1. The van der Waals surface area contributed by atoms with Crippen LogP contribution in [-0.4, -0.2) is 53.0 Å². The molecule has 7 nitrogen and oxygen atoms in total. The Kier molecular flexibility index (Phi) is 5.79. The van der Waals surface area contributed by atoms with E-state index in [2.05, 4.69) is 15.5 Å². The number of nitrogens with one attached hydrogen (secondary N) is 2. The van der Waals surface area contributed by atoms with E-state index < -0.39 is 17.4 Å². The Hall–Kier alpha value is -2.41. The van der Waals surface area contributed by atoms with E-state index in [4.69, 9.17) is 0 Å². The number of aliphatic carboxylic acids is 1. The fourth-order valence-corrected chi connectivity index (χ4v) is 4.02. The van der Waals surface area contributed by atoms with Crippen molar-refractivity contribution in [1.29, 1.82) is 0 Å². The molecule has 2 heterocycles. The largest absolute Gasteiger partial charge is 0.481 e. The van der Waals surface area contributed by atoms with Gasteiger partial charge in [-0.1, -0.05) is 29.8 Å². The molecule has 3 rings (SSSR count). The number of piperidine rings is 1. The van der Waals surface area contributed by atoms with Crippen LogP contribution in [0.3, 0.4) is 0 Å². The second-order valence-electron chi connectivity index (χ2n) is 7.65. The summed E-state index contributed by atoms with van der Waals surface area (Å²) in [7, 11) is 0. The first-order chi connectivity index (χ1) is 12.9. The van der Waals surface area contributed by atoms with Crippen LogP contribution >= 0.6 is 0 Å². The van der Waals surface area contributed by atoms with Gasteiger partial charge in [0.05, 0.1) is 11.5 Å². The highest BCUT2D eigenvalue weighted by Crippen LogP contribution is 2.36. The van der Waals surface area contributed by atoms with Gasteiger partial charge in [-0.2, -0.15) is 0 Å². The normalized spacial score (nSPS) is 21.8. The second kappa shape index (κ2) is 8.08. The summed E-state index contributed by atoms with van der Waals surface area (Å²) in [5.74, 6) is -1.72. The molecular formula is C20H27N3O4. The molecule has 0 unspecified atom stereocenters. The fraction of sp³-hybridized carbons (Fsp3) is 0.550. The van der Waals surface area contributed by atoms with Gasteiger partial charge < -0.3 is 20.6 Å². The molecule has 27 heavy (non-hydrogen) atoms. The molecule has 3 N–H and O–H groups in total. The van der Waals surface area contributed by atoms with Crippen molar-refractivity contribution in [1.82, 2.24) is 15.5 Å². The zero-order chi connectivity index (χ0) is 19.4. The van der Waals surface area contributed by atoms with E-state index in [1.54, 1.807) is 0 Å². The van der Waals surface area contributed by atoms with Crippen molar-refractivity contribution in [2.45, 2.75) is 44.7 Å². The van der Waals surface area contributed by atoms with Gasteiger partial charge in [-0.05, 0) is 25.3 Å². The molecule has 0 bridgehead atoms. The first-order valence-electron chi connectivity index (χ1n) is 9.46. The number of aryl methyl sites for hydroxylation is 1. The highest BCUT2D eigenvalue weighted by molar-refractivity contribution is 5.88. The van der Waals surface area contributed by atoms with Gasteiger partial charge in [0.15, 0.2) is 0 Å². The molecule has 0 radical (unpaired) electrons. The van der Waals surface area contributed by atoms with Crippen molar-refractivity contribution in [2.24, 2.45) is 5.92 Å². The van der Waals surface area contributed by atoms with Crippen LogP contribution < -0.4 is 10.6 Å². The van der Waals surface area contributed by atoms with E-state index in [1.165, 1.54) is 5.56 Å². The standard InChI is InChI=1S/C20H27N3O4/c1-14-2-4-15(5-3-14)13-21-17(24)6-9-23-10-7-20(8-11-23)16(19(26)27)12-18(25)22-20/h2-5,16H,6-13H2,1H3,(H,21,24)(H,22,25)(H,26,27)/t16-/m0/s1. The van der Waals surface area contributed by atoms with Crippen LogP contribution in [0.5, 0.6) is 0 Å². The van der Waals surface area contributed by atoms with Gasteiger partial charge in [-0.3, -0.25) is 14.4 Å². The lowest BCUT2D eigenvalue weighted by Gasteiger charge is -2.41. The van der Waals surface area contributed by atoms with Crippen molar-refractivity contribution < 1.29 is 19.5 Å². The Balaban J connectivity index is 1.41. The van der Waals surface area contributed by atoms with Gasteiger partial charge in [-0.25, -0.2) is 0 Å². The fourth-order valence-electron chi connectivity index (χ4n) is 4.02. The zero-order valence-corrected chi connectivity index (χ0v) is 15.7. The number of nitrogens with zero attached hydrogens (tertiary/aromatic N) is 1. The molecule has 2 saturated heterocycles. The number of carbonyl (C=O) groups excluding carboxylic acids is 2. The minimum atomic E-state index is -0.905. The summed E-state index contributed by atoms with van der Waals surface area (Å²) in [4.78, 5) is 37.4. The molecule has 146 valence electrons. The summed E-state index contributed by atoms with van der Waals surface area (Å²) in [6, 6.07) is 8.07. The Morgan fingerprint density at radius 3 is 2.56 bits per heavy atom. The minimum Gasteiger partial charge on any atom is -0.481 e. The first kappa shape index (κ1) is 19.4.